The predicted molar refractivity (Wildman–Crippen MR) is 89.8 cm³/mol. The first kappa shape index (κ1) is 15.3. The van der Waals surface area contributed by atoms with E-state index in [0.29, 0.717) is 19.4 Å². The average molecular weight is 308 g/mol. The molecule has 0 saturated heterocycles. The Balaban J connectivity index is 1.60. The Morgan fingerprint density at radius 3 is 2.22 bits per heavy atom. The highest BCUT2D eigenvalue weighted by Crippen LogP contribution is 2.46. The van der Waals surface area contributed by atoms with Gasteiger partial charge in [0.05, 0.1) is 0 Å². The Morgan fingerprint density at radius 2 is 1.61 bits per heavy atom. The Bertz CT molecular complexity index is 704. The van der Waals surface area contributed by atoms with Gasteiger partial charge in [0.2, 0.25) is 11.8 Å². The lowest BCUT2D eigenvalue weighted by molar-refractivity contribution is -0.134. The normalized spacial score (nSPS) is 14.8. The van der Waals surface area contributed by atoms with Gasteiger partial charge in [-0.25, -0.2) is 0 Å². The highest BCUT2D eigenvalue weighted by molar-refractivity contribution is 6.13. The Morgan fingerprint density at radius 1 is 0.957 bits per heavy atom. The van der Waals surface area contributed by atoms with E-state index in [9.17, 15) is 9.59 Å². The van der Waals surface area contributed by atoms with Gasteiger partial charge in [0.1, 0.15) is 5.41 Å². The molecule has 4 nitrogen and oxygen atoms in total. The standard InChI is InChI=1S/C19H20N2O2/c1-14-7-9-16(10-8-14)21-18(23)19(11-12-19)17(22)20-13-15-5-3-2-4-6-15/h2-10H,11-13H2,1H3,(H,20,22)(H,21,23). The van der Waals surface area contributed by atoms with E-state index >= 15 is 0 Å². The van der Waals surface area contributed by atoms with E-state index in [4.69, 9.17) is 0 Å². The van der Waals surface area contributed by atoms with Crippen LogP contribution in [0.15, 0.2) is 54.6 Å². The van der Waals surface area contributed by atoms with Crippen LogP contribution >= 0.6 is 0 Å². The van der Waals surface area contributed by atoms with Crippen LogP contribution in [0.4, 0.5) is 5.69 Å². The molecule has 3 rings (SSSR count). The van der Waals surface area contributed by atoms with Gasteiger partial charge in [-0.1, -0.05) is 48.0 Å². The van der Waals surface area contributed by atoms with E-state index < -0.39 is 5.41 Å². The maximum absolute atomic E-state index is 12.5. The van der Waals surface area contributed by atoms with Crippen molar-refractivity contribution < 1.29 is 9.59 Å². The molecule has 0 bridgehead atoms. The largest absolute Gasteiger partial charge is 0.351 e. The zero-order valence-corrected chi connectivity index (χ0v) is 13.1. The minimum absolute atomic E-state index is 0.189. The number of amides is 2. The fourth-order valence-electron chi connectivity index (χ4n) is 2.52. The molecular formula is C19H20N2O2. The van der Waals surface area contributed by atoms with E-state index in [1.54, 1.807) is 0 Å². The van der Waals surface area contributed by atoms with Gasteiger partial charge >= 0.3 is 0 Å². The topological polar surface area (TPSA) is 58.2 Å². The maximum atomic E-state index is 12.5. The summed E-state index contributed by atoms with van der Waals surface area (Å²) in [6.45, 7) is 2.43. The quantitative estimate of drug-likeness (QED) is 0.834. The van der Waals surface area contributed by atoms with Crippen LogP contribution in [0.25, 0.3) is 0 Å². The van der Waals surface area contributed by atoms with Gasteiger partial charge in [-0.2, -0.15) is 0 Å². The minimum atomic E-state index is -0.903. The van der Waals surface area contributed by atoms with E-state index in [-0.39, 0.29) is 11.8 Å². The molecule has 1 aliphatic rings. The van der Waals surface area contributed by atoms with Crippen LogP contribution < -0.4 is 10.6 Å². The monoisotopic (exact) mass is 308 g/mol. The van der Waals surface area contributed by atoms with Crippen LogP contribution in [0, 0.1) is 12.3 Å². The van der Waals surface area contributed by atoms with Crippen LogP contribution in [-0.2, 0) is 16.1 Å². The lowest BCUT2D eigenvalue weighted by atomic mass is 10.0. The van der Waals surface area contributed by atoms with Gasteiger partial charge in [0.25, 0.3) is 0 Å². The number of anilines is 1. The summed E-state index contributed by atoms with van der Waals surface area (Å²) in [5.41, 5.74) is 1.97. The van der Waals surface area contributed by atoms with Crippen molar-refractivity contribution in [2.45, 2.75) is 26.3 Å². The third kappa shape index (κ3) is 3.42. The van der Waals surface area contributed by atoms with Crippen LogP contribution in [-0.4, -0.2) is 11.8 Å². The van der Waals surface area contributed by atoms with E-state index in [0.717, 1.165) is 16.8 Å². The molecule has 23 heavy (non-hydrogen) atoms. The lowest BCUT2D eigenvalue weighted by Crippen LogP contribution is -2.39. The number of rotatable bonds is 5. The molecule has 2 aromatic carbocycles. The zero-order chi connectivity index (χ0) is 16.3. The fourth-order valence-corrected chi connectivity index (χ4v) is 2.52. The number of aryl methyl sites for hydroxylation is 1. The molecule has 1 saturated carbocycles. The highest BCUT2D eigenvalue weighted by atomic mass is 16.2. The summed E-state index contributed by atoms with van der Waals surface area (Å²) in [5.74, 6) is -0.405. The van der Waals surface area contributed by atoms with Gasteiger partial charge in [0.15, 0.2) is 0 Å². The lowest BCUT2D eigenvalue weighted by Gasteiger charge is -2.15. The number of nitrogens with one attached hydrogen (secondary N) is 2. The first-order chi connectivity index (χ1) is 11.1. The second-order valence-electron chi connectivity index (χ2n) is 6.07. The minimum Gasteiger partial charge on any atom is -0.351 e. The molecule has 0 aliphatic heterocycles. The molecule has 0 radical (unpaired) electrons. The van der Waals surface area contributed by atoms with Gasteiger partial charge in [0, 0.05) is 12.2 Å². The van der Waals surface area contributed by atoms with E-state index in [1.807, 2.05) is 61.5 Å². The van der Waals surface area contributed by atoms with Crippen LogP contribution in [0.3, 0.4) is 0 Å². The first-order valence-corrected chi connectivity index (χ1v) is 7.80. The molecule has 118 valence electrons. The van der Waals surface area contributed by atoms with Crippen molar-refractivity contribution in [3.63, 3.8) is 0 Å². The van der Waals surface area contributed by atoms with Crippen molar-refractivity contribution in [1.82, 2.24) is 5.32 Å². The average Bonchev–Trinajstić information content (AvgIpc) is 3.38. The second kappa shape index (κ2) is 6.24. The van der Waals surface area contributed by atoms with Crippen LogP contribution in [0.2, 0.25) is 0 Å². The molecule has 0 atom stereocenters. The highest BCUT2D eigenvalue weighted by Gasteiger charge is 2.56. The smallest absolute Gasteiger partial charge is 0.240 e. The molecule has 0 spiro atoms. The third-order valence-corrected chi connectivity index (χ3v) is 4.22. The van der Waals surface area contributed by atoms with Crippen molar-refractivity contribution in [3.05, 3.63) is 65.7 Å². The summed E-state index contributed by atoms with van der Waals surface area (Å²) in [7, 11) is 0. The molecule has 2 N–H and O–H groups in total. The molecule has 2 amide bonds. The molecule has 1 fully saturated rings. The molecule has 0 aromatic heterocycles. The van der Waals surface area contributed by atoms with Gasteiger partial charge in [-0.15, -0.1) is 0 Å². The van der Waals surface area contributed by atoms with Gasteiger partial charge in [-0.3, -0.25) is 9.59 Å². The summed E-state index contributed by atoms with van der Waals surface area (Å²) in [4.78, 5) is 24.9. The summed E-state index contributed by atoms with van der Waals surface area (Å²) in [6.07, 6.45) is 1.20. The summed E-state index contributed by atoms with van der Waals surface area (Å²) >= 11 is 0. The molecule has 0 heterocycles. The van der Waals surface area contributed by atoms with Crippen molar-refractivity contribution in [2.75, 3.05) is 5.32 Å². The zero-order valence-electron chi connectivity index (χ0n) is 13.1. The number of hydrogen-bond donors (Lipinski definition) is 2. The number of benzene rings is 2. The fraction of sp³-hybridized carbons (Fsp3) is 0.263. The Labute approximate surface area is 135 Å². The summed E-state index contributed by atoms with van der Waals surface area (Å²) in [5, 5.41) is 5.73. The molecular weight excluding hydrogens is 288 g/mol. The second-order valence-corrected chi connectivity index (χ2v) is 6.07. The van der Waals surface area contributed by atoms with Crippen molar-refractivity contribution >= 4 is 17.5 Å². The molecule has 0 unspecified atom stereocenters. The van der Waals surface area contributed by atoms with E-state index in [1.165, 1.54) is 0 Å². The van der Waals surface area contributed by atoms with Crippen LogP contribution in [0.1, 0.15) is 24.0 Å². The number of carbonyl (C=O) groups excluding carboxylic acids is 2. The Hall–Kier alpha value is -2.62. The molecule has 1 aliphatic carbocycles. The number of carbonyl (C=O) groups is 2. The van der Waals surface area contributed by atoms with Crippen LogP contribution in [0.5, 0.6) is 0 Å². The Kier molecular flexibility index (Phi) is 4.15. The van der Waals surface area contributed by atoms with Gasteiger partial charge < -0.3 is 10.6 Å². The number of hydrogen-bond acceptors (Lipinski definition) is 2. The summed E-state index contributed by atoms with van der Waals surface area (Å²) < 4.78 is 0. The maximum Gasteiger partial charge on any atom is 0.240 e. The predicted octanol–water partition coefficient (Wildman–Crippen LogP) is 3.03. The van der Waals surface area contributed by atoms with Crippen molar-refractivity contribution in [1.29, 1.82) is 0 Å². The molecule has 2 aromatic rings. The van der Waals surface area contributed by atoms with Gasteiger partial charge in [-0.05, 0) is 37.5 Å². The third-order valence-electron chi connectivity index (χ3n) is 4.22. The molecule has 4 heteroatoms. The van der Waals surface area contributed by atoms with Crippen molar-refractivity contribution in [3.8, 4) is 0 Å². The first-order valence-electron chi connectivity index (χ1n) is 7.80. The summed E-state index contributed by atoms with van der Waals surface area (Å²) in [6, 6.07) is 17.3. The van der Waals surface area contributed by atoms with Crippen molar-refractivity contribution in [2.24, 2.45) is 5.41 Å². The SMILES string of the molecule is Cc1ccc(NC(=O)C2(C(=O)NCc3ccccc3)CC2)cc1. The van der Waals surface area contributed by atoms with E-state index in [2.05, 4.69) is 10.6 Å².